The van der Waals surface area contributed by atoms with E-state index in [1.165, 1.54) is 4.57 Å². The van der Waals surface area contributed by atoms with Gasteiger partial charge in [0.05, 0.1) is 30.3 Å². The third kappa shape index (κ3) is 5.18. The van der Waals surface area contributed by atoms with Crippen LogP contribution in [0.15, 0.2) is 82.4 Å². The second-order valence-corrected chi connectivity index (χ2v) is 10.3. The number of carbonyl (C=O) groups excluding carboxylic acids is 1. The fourth-order valence-corrected chi connectivity index (χ4v) is 5.07. The number of hydrogen-bond donors (Lipinski definition) is 3. The number of primary amides is 1. The molecule has 0 saturated carbocycles. The number of benzene rings is 3. The van der Waals surface area contributed by atoms with Crippen LogP contribution in [0.5, 0.6) is 0 Å². The standard InChI is InChI=1S/C29H25Cl2N5O5/c1-16(17-6-8-18(9-7-17)25(32)39)35-27-24(28(40)34(29(35)41)14-21(38)15-37)36(20-12-10-19(30)11-13-20)26(33-27)22-4-2-3-5-23(22)31/h2-13,16,21,37-38H,14-15H2,1H3,(H2,32,39)/t16-,21-/m1/s1. The largest absolute Gasteiger partial charge is 0.394 e. The zero-order chi connectivity index (χ0) is 29.4. The summed E-state index contributed by atoms with van der Waals surface area (Å²) in [7, 11) is 0. The number of aliphatic hydroxyl groups excluding tert-OH is 2. The average molecular weight is 594 g/mol. The summed E-state index contributed by atoms with van der Waals surface area (Å²) in [5, 5.41) is 20.6. The van der Waals surface area contributed by atoms with Gasteiger partial charge in [0.25, 0.3) is 5.56 Å². The second kappa shape index (κ2) is 11.3. The smallest absolute Gasteiger partial charge is 0.333 e. The van der Waals surface area contributed by atoms with Gasteiger partial charge in [0.15, 0.2) is 11.2 Å². The number of nitrogens with two attached hydrogens (primary N) is 1. The van der Waals surface area contributed by atoms with Gasteiger partial charge in [-0.15, -0.1) is 0 Å². The van der Waals surface area contributed by atoms with Gasteiger partial charge in [0, 0.05) is 21.8 Å². The summed E-state index contributed by atoms with van der Waals surface area (Å²) < 4.78 is 3.81. The number of carbonyl (C=O) groups is 1. The Morgan fingerprint density at radius 3 is 2.27 bits per heavy atom. The van der Waals surface area contributed by atoms with E-state index in [2.05, 4.69) is 0 Å². The van der Waals surface area contributed by atoms with Gasteiger partial charge in [-0.1, -0.05) is 47.5 Å². The van der Waals surface area contributed by atoms with Crippen molar-refractivity contribution in [3.8, 4) is 17.1 Å². The van der Waals surface area contributed by atoms with Crippen LogP contribution in [0.3, 0.4) is 0 Å². The lowest BCUT2D eigenvalue weighted by Gasteiger charge is -2.19. The molecule has 2 heterocycles. The molecule has 0 saturated heterocycles. The summed E-state index contributed by atoms with van der Waals surface area (Å²) in [5.74, 6) is -0.295. The van der Waals surface area contributed by atoms with Gasteiger partial charge >= 0.3 is 5.69 Å². The topological polar surface area (TPSA) is 145 Å². The Morgan fingerprint density at radius 2 is 1.66 bits per heavy atom. The van der Waals surface area contributed by atoms with E-state index in [0.29, 0.717) is 38.2 Å². The molecule has 5 aromatic rings. The van der Waals surface area contributed by atoms with Crippen molar-refractivity contribution in [3.63, 3.8) is 0 Å². The molecule has 0 spiro atoms. The van der Waals surface area contributed by atoms with Crippen molar-refractivity contribution >= 4 is 40.3 Å². The second-order valence-electron chi connectivity index (χ2n) is 9.47. The molecule has 0 aliphatic rings. The maximum Gasteiger partial charge on any atom is 0.333 e. The molecular weight excluding hydrogens is 569 g/mol. The summed E-state index contributed by atoms with van der Waals surface area (Å²) in [6.45, 7) is 0.633. The van der Waals surface area contributed by atoms with Gasteiger partial charge in [-0.2, -0.15) is 0 Å². The predicted molar refractivity (Wildman–Crippen MR) is 157 cm³/mol. The highest BCUT2D eigenvalue weighted by Gasteiger charge is 2.27. The molecular formula is C29H25Cl2N5O5. The molecule has 0 aliphatic heterocycles. The van der Waals surface area contributed by atoms with E-state index in [0.717, 1.165) is 4.57 Å². The Labute approximate surface area is 243 Å². The van der Waals surface area contributed by atoms with E-state index >= 15 is 0 Å². The van der Waals surface area contributed by atoms with E-state index in [4.69, 9.17) is 33.9 Å². The van der Waals surface area contributed by atoms with E-state index in [1.807, 2.05) is 0 Å². The Hall–Kier alpha value is -4.22. The van der Waals surface area contributed by atoms with Gasteiger partial charge in [-0.3, -0.25) is 23.3 Å². The molecule has 0 aliphatic carbocycles. The number of nitrogens with zero attached hydrogens (tertiary/aromatic N) is 4. The lowest BCUT2D eigenvalue weighted by atomic mass is 10.1. The van der Waals surface area contributed by atoms with Gasteiger partial charge in [-0.05, 0) is 61.0 Å². The van der Waals surface area contributed by atoms with Crippen LogP contribution < -0.4 is 17.0 Å². The number of aliphatic hydroxyl groups is 2. The minimum atomic E-state index is -1.37. The van der Waals surface area contributed by atoms with Gasteiger partial charge < -0.3 is 15.9 Å². The molecule has 2 aromatic heterocycles. The molecule has 0 fully saturated rings. The maximum absolute atomic E-state index is 14.0. The van der Waals surface area contributed by atoms with Crippen molar-refractivity contribution in [1.82, 2.24) is 18.7 Å². The summed E-state index contributed by atoms with van der Waals surface area (Å²) in [4.78, 5) is 44.3. The lowest BCUT2D eigenvalue weighted by Crippen LogP contribution is -2.44. The molecule has 3 aromatic carbocycles. The van der Waals surface area contributed by atoms with Crippen molar-refractivity contribution in [1.29, 1.82) is 0 Å². The number of halogens is 2. The Balaban J connectivity index is 1.91. The van der Waals surface area contributed by atoms with Crippen LogP contribution in [0.2, 0.25) is 10.0 Å². The highest BCUT2D eigenvalue weighted by molar-refractivity contribution is 6.33. The van der Waals surface area contributed by atoms with E-state index < -0.39 is 42.5 Å². The van der Waals surface area contributed by atoms with Gasteiger partial charge in [0.2, 0.25) is 5.91 Å². The Kier molecular flexibility index (Phi) is 7.83. The molecule has 2 atom stereocenters. The van der Waals surface area contributed by atoms with Crippen LogP contribution in [0.4, 0.5) is 0 Å². The summed E-state index contributed by atoms with van der Waals surface area (Å²) >= 11 is 12.7. The monoisotopic (exact) mass is 593 g/mol. The zero-order valence-corrected chi connectivity index (χ0v) is 23.3. The third-order valence-corrected chi connectivity index (χ3v) is 7.42. The SMILES string of the molecule is C[C@H](c1ccc(C(N)=O)cc1)n1c(=O)n(C[C@@H](O)CO)c(=O)c2c1nc(-c1ccccc1Cl)n2-c1ccc(Cl)cc1. The van der Waals surface area contributed by atoms with Crippen molar-refractivity contribution in [2.24, 2.45) is 5.73 Å². The summed E-state index contributed by atoms with van der Waals surface area (Å²) in [6.07, 6.45) is -1.37. The molecule has 4 N–H and O–H groups in total. The van der Waals surface area contributed by atoms with Crippen LogP contribution in [-0.2, 0) is 6.54 Å². The zero-order valence-electron chi connectivity index (χ0n) is 21.7. The summed E-state index contributed by atoms with van der Waals surface area (Å²) in [6, 6.07) is 19.4. The highest BCUT2D eigenvalue weighted by atomic mass is 35.5. The highest BCUT2D eigenvalue weighted by Crippen LogP contribution is 2.33. The fraction of sp³-hybridized carbons (Fsp3) is 0.172. The number of rotatable bonds is 8. The van der Waals surface area contributed by atoms with Crippen molar-refractivity contribution in [2.75, 3.05) is 6.61 Å². The molecule has 0 radical (unpaired) electrons. The first-order valence-corrected chi connectivity index (χ1v) is 13.3. The fourth-order valence-electron chi connectivity index (χ4n) is 4.72. The van der Waals surface area contributed by atoms with E-state index in [9.17, 15) is 24.6 Å². The van der Waals surface area contributed by atoms with Crippen molar-refractivity contribution in [3.05, 3.63) is 115 Å². The predicted octanol–water partition coefficient (Wildman–Crippen LogP) is 3.38. The van der Waals surface area contributed by atoms with Crippen molar-refractivity contribution in [2.45, 2.75) is 25.6 Å². The molecule has 10 nitrogen and oxygen atoms in total. The minimum Gasteiger partial charge on any atom is -0.394 e. The Morgan fingerprint density at radius 1 is 1.00 bits per heavy atom. The van der Waals surface area contributed by atoms with Crippen molar-refractivity contribution < 1.29 is 15.0 Å². The molecule has 12 heteroatoms. The number of hydrogen-bond acceptors (Lipinski definition) is 6. The quantitative estimate of drug-likeness (QED) is 0.251. The van der Waals surface area contributed by atoms with Crippen LogP contribution in [0.25, 0.3) is 28.2 Å². The first kappa shape index (κ1) is 28.3. The molecule has 1 amide bonds. The first-order valence-electron chi connectivity index (χ1n) is 12.6. The summed E-state index contributed by atoms with van der Waals surface area (Å²) in [5.41, 5.74) is 6.02. The maximum atomic E-state index is 14.0. The number of aromatic nitrogens is 4. The number of fused-ring (bicyclic) bond motifs is 1. The third-order valence-electron chi connectivity index (χ3n) is 6.84. The lowest BCUT2D eigenvalue weighted by molar-refractivity contribution is 0.0790. The molecule has 0 unspecified atom stereocenters. The average Bonchev–Trinajstić information content (AvgIpc) is 3.35. The first-order chi connectivity index (χ1) is 19.6. The van der Waals surface area contributed by atoms with Gasteiger partial charge in [-0.25, -0.2) is 9.78 Å². The van der Waals surface area contributed by atoms with E-state index in [1.54, 1.807) is 84.3 Å². The number of amides is 1. The van der Waals surface area contributed by atoms with Crippen LogP contribution in [0.1, 0.15) is 28.9 Å². The van der Waals surface area contributed by atoms with Crippen LogP contribution >= 0.6 is 23.2 Å². The molecule has 41 heavy (non-hydrogen) atoms. The van der Waals surface area contributed by atoms with Crippen LogP contribution in [-0.4, -0.2) is 47.5 Å². The van der Waals surface area contributed by atoms with Gasteiger partial charge in [0.1, 0.15) is 5.82 Å². The molecule has 210 valence electrons. The molecule has 0 bridgehead atoms. The van der Waals surface area contributed by atoms with Crippen LogP contribution in [0, 0.1) is 0 Å². The molecule has 5 rings (SSSR count). The number of imidazole rings is 1. The Bertz CT molecular complexity index is 1880. The minimum absolute atomic E-state index is 0.0487. The van der Waals surface area contributed by atoms with E-state index in [-0.39, 0.29) is 11.2 Å². The normalized spacial score (nSPS) is 12.9.